The van der Waals surface area contributed by atoms with E-state index in [9.17, 15) is 9.18 Å². The summed E-state index contributed by atoms with van der Waals surface area (Å²) in [5.41, 5.74) is 6.90. The predicted molar refractivity (Wildman–Crippen MR) is 107 cm³/mol. The van der Waals surface area contributed by atoms with Crippen molar-refractivity contribution >= 4 is 17.4 Å². The van der Waals surface area contributed by atoms with Crippen molar-refractivity contribution < 1.29 is 18.7 Å². The zero-order valence-corrected chi connectivity index (χ0v) is 16.6. The number of fused-ring (bicyclic) bond motifs is 1. The quantitative estimate of drug-likeness (QED) is 0.559. The van der Waals surface area contributed by atoms with E-state index in [1.54, 1.807) is 25.3 Å². The summed E-state index contributed by atoms with van der Waals surface area (Å²) in [5.74, 6) is 0.183. The number of aromatic nitrogens is 3. The van der Waals surface area contributed by atoms with E-state index in [1.165, 1.54) is 22.8 Å². The third-order valence-electron chi connectivity index (χ3n) is 4.33. The number of benzene rings is 1. The number of hydrogen-bond acceptors (Lipinski definition) is 7. The Labute approximate surface area is 167 Å². The largest absolute Gasteiger partial charge is 0.489 e. The van der Waals surface area contributed by atoms with Crippen molar-refractivity contribution in [2.75, 3.05) is 18.5 Å². The maximum atomic E-state index is 13.9. The third kappa shape index (κ3) is 4.62. The molecule has 0 unspecified atom stereocenters. The number of carbonyl (C=O) groups excluding carboxylic acids is 1. The van der Waals surface area contributed by atoms with Crippen LogP contribution in [0, 0.1) is 5.82 Å². The molecule has 3 N–H and O–H groups in total. The van der Waals surface area contributed by atoms with E-state index in [2.05, 4.69) is 15.4 Å². The zero-order valence-electron chi connectivity index (χ0n) is 16.6. The molecule has 0 saturated carbocycles. The normalized spacial score (nSPS) is 13.1. The molecular weight excluding hydrogens is 377 g/mol. The first kappa shape index (κ1) is 20.5. The summed E-state index contributed by atoms with van der Waals surface area (Å²) >= 11 is 0. The Balaban J connectivity index is 1.88. The molecule has 154 valence electrons. The van der Waals surface area contributed by atoms with E-state index >= 15 is 0 Å². The molecular formula is C20H24FN5O3. The molecule has 3 aromatic rings. The van der Waals surface area contributed by atoms with E-state index < -0.39 is 5.97 Å². The summed E-state index contributed by atoms with van der Waals surface area (Å²) in [6.07, 6.45) is 2.89. The van der Waals surface area contributed by atoms with Gasteiger partial charge in [-0.3, -0.25) is 0 Å². The lowest BCUT2D eigenvalue weighted by Gasteiger charge is -2.21. The molecule has 9 heteroatoms. The average Bonchev–Trinajstić information content (AvgIpc) is 3.12. The van der Waals surface area contributed by atoms with Gasteiger partial charge in [-0.25, -0.2) is 18.7 Å². The van der Waals surface area contributed by atoms with Crippen LogP contribution < -0.4 is 15.8 Å². The highest BCUT2D eigenvalue weighted by atomic mass is 19.1. The van der Waals surface area contributed by atoms with Crippen LogP contribution >= 0.6 is 0 Å². The Morgan fingerprint density at radius 2 is 2.14 bits per heavy atom. The van der Waals surface area contributed by atoms with E-state index in [4.69, 9.17) is 15.2 Å². The molecule has 0 bridgehead atoms. The topological polar surface area (TPSA) is 104 Å². The second-order valence-electron chi connectivity index (χ2n) is 6.57. The van der Waals surface area contributed by atoms with Gasteiger partial charge >= 0.3 is 5.97 Å². The molecule has 2 aromatic heterocycles. The Kier molecular flexibility index (Phi) is 6.28. The van der Waals surface area contributed by atoms with Crippen LogP contribution in [0.25, 0.3) is 5.65 Å². The molecule has 2 heterocycles. The van der Waals surface area contributed by atoms with Crippen molar-refractivity contribution in [1.29, 1.82) is 0 Å². The summed E-state index contributed by atoms with van der Waals surface area (Å²) in [5, 5.41) is 7.33. The second kappa shape index (κ2) is 8.87. The monoisotopic (exact) mass is 401 g/mol. The summed E-state index contributed by atoms with van der Waals surface area (Å²) < 4.78 is 26.2. The number of carbonyl (C=O) groups is 1. The molecule has 29 heavy (non-hydrogen) atoms. The van der Waals surface area contributed by atoms with E-state index in [1.807, 2.05) is 13.8 Å². The second-order valence-corrected chi connectivity index (χ2v) is 6.57. The standard InChI is InChI=1S/C20H24FN5O3/c1-4-28-20(27)16-11-23-26-8-7-18(25-19(16)26)24-13(3)15-9-14(21)5-6-17(15)29-12(2)10-22/h5-9,11-13H,4,10,22H2,1-3H3,(H,24,25)/t12-,13-/m1/s1. The highest BCUT2D eigenvalue weighted by Crippen LogP contribution is 2.29. The molecule has 0 fully saturated rings. The summed E-state index contributed by atoms with van der Waals surface area (Å²) in [6.45, 7) is 6.04. The summed E-state index contributed by atoms with van der Waals surface area (Å²) in [6, 6.07) is 5.73. The lowest BCUT2D eigenvalue weighted by Crippen LogP contribution is -2.24. The number of rotatable bonds is 8. The average molecular weight is 401 g/mol. The van der Waals surface area contributed by atoms with Gasteiger partial charge in [0.1, 0.15) is 29.1 Å². The minimum absolute atomic E-state index is 0.209. The van der Waals surface area contributed by atoms with Crippen LogP contribution in [-0.2, 0) is 4.74 Å². The number of anilines is 1. The minimum Gasteiger partial charge on any atom is -0.489 e. The van der Waals surface area contributed by atoms with Gasteiger partial charge in [-0.2, -0.15) is 5.10 Å². The van der Waals surface area contributed by atoms with Gasteiger partial charge in [-0.15, -0.1) is 0 Å². The Hall–Kier alpha value is -3.20. The first-order valence-corrected chi connectivity index (χ1v) is 9.37. The first-order valence-electron chi connectivity index (χ1n) is 9.37. The maximum Gasteiger partial charge on any atom is 0.343 e. The number of ether oxygens (including phenoxy) is 2. The molecule has 0 spiro atoms. The highest BCUT2D eigenvalue weighted by Gasteiger charge is 2.18. The van der Waals surface area contributed by atoms with Crippen molar-refractivity contribution in [3.63, 3.8) is 0 Å². The van der Waals surface area contributed by atoms with Crippen LogP contribution in [0.4, 0.5) is 10.2 Å². The molecule has 0 radical (unpaired) electrons. The van der Waals surface area contributed by atoms with E-state index in [-0.39, 0.29) is 30.1 Å². The molecule has 8 nitrogen and oxygen atoms in total. The van der Waals surface area contributed by atoms with Crippen LogP contribution in [0.5, 0.6) is 5.75 Å². The van der Waals surface area contributed by atoms with Gasteiger partial charge in [0.25, 0.3) is 0 Å². The van der Waals surface area contributed by atoms with Crippen LogP contribution in [0.2, 0.25) is 0 Å². The van der Waals surface area contributed by atoms with Crippen molar-refractivity contribution in [3.05, 3.63) is 53.6 Å². The highest BCUT2D eigenvalue weighted by molar-refractivity contribution is 5.95. The summed E-state index contributed by atoms with van der Waals surface area (Å²) in [7, 11) is 0. The van der Waals surface area contributed by atoms with Gasteiger partial charge in [0.2, 0.25) is 0 Å². The predicted octanol–water partition coefficient (Wildman–Crippen LogP) is 2.94. The van der Waals surface area contributed by atoms with Crippen LogP contribution in [-0.4, -0.2) is 39.8 Å². The van der Waals surface area contributed by atoms with Gasteiger partial charge in [0, 0.05) is 18.3 Å². The molecule has 0 aliphatic rings. The number of halogens is 1. The van der Waals surface area contributed by atoms with Crippen LogP contribution in [0.3, 0.4) is 0 Å². The van der Waals surface area contributed by atoms with Crippen LogP contribution in [0.1, 0.15) is 42.7 Å². The zero-order chi connectivity index (χ0) is 21.0. The molecule has 3 rings (SSSR count). The number of nitrogens with zero attached hydrogens (tertiary/aromatic N) is 3. The molecule has 0 aliphatic carbocycles. The van der Waals surface area contributed by atoms with Crippen LogP contribution in [0.15, 0.2) is 36.7 Å². The number of nitrogens with two attached hydrogens (primary N) is 1. The van der Waals surface area contributed by atoms with Gasteiger partial charge in [-0.05, 0) is 45.0 Å². The number of esters is 1. The smallest absolute Gasteiger partial charge is 0.343 e. The Morgan fingerprint density at radius 1 is 1.34 bits per heavy atom. The minimum atomic E-state index is -0.489. The molecule has 0 aliphatic heterocycles. The summed E-state index contributed by atoms with van der Waals surface area (Å²) in [4.78, 5) is 16.6. The lowest BCUT2D eigenvalue weighted by atomic mass is 10.1. The Bertz CT molecular complexity index is 1010. The van der Waals surface area contributed by atoms with Crippen molar-refractivity contribution in [2.45, 2.75) is 32.9 Å². The van der Waals surface area contributed by atoms with E-state index in [0.29, 0.717) is 29.3 Å². The van der Waals surface area contributed by atoms with Gasteiger partial charge in [0.15, 0.2) is 5.65 Å². The van der Waals surface area contributed by atoms with E-state index in [0.717, 1.165) is 0 Å². The number of nitrogens with one attached hydrogen (secondary N) is 1. The van der Waals surface area contributed by atoms with Crippen molar-refractivity contribution in [3.8, 4) is 5.75 Å². The van der Waals surface area contributed by atoms with Crippen molar-refractivity contribution in [1.82, 2.24) is 14.6 Å². The third-order valence-corrected chi connectivity index (χ3v) is 4.33. The molecule has 0 saturated heterocycles. The van der Waals surface area contributed by atoms with Gasteiger partial charge < -0.3 is 20.5 Å². The fourth-order valence-corrected chi connectivity index (χ4v) is 2.83. The van der Waals surface area contributed by atoms with Gasteiger partial charge in [-0.1, -0.05) is 0 Å². The molecule has 0 amide bonds. The lowest BCUT2D eigenvalue weighted by molar-refractivity contribution is 0.0528. The molecule has 2 atom stereocenters. The maximum absolute atomic E-state index is 13.9. The first-order chi connectivity index (χ1) is 13.9. The fourth-order valence-electron chi connectivity index (χ4n) is 2.83. The molecule has 1 aromatic carbocycles. The SMILES string of the molecule is CCOC(=O)c1cnn2ccc(N[C@H](C)c3cc(F)ccc3O[C@H](C)CN)nc12. The van der Waals surface area contributed by atoms with Crippen molar-refractivity contribution in [2.24, 2.45) is 5.73 Å². The Morgan fingerprint density at radius 3 is 2.86 bits per heavy atom. The number of hydrogen-bond donors (Lipinski definition) is 2. The fraction of sp³-hybridized carbons (Fsp3) is 0.350. The van der Waals surface area contributed by atoms with Gasteiger partial charge in [0.05, 0.1) is 18.8 Å².